The second kappa shape index (κ2) is 7.28. The molecular weight excluding hydrogens is 304 g/mol. The van der Waals surface area contributed by atoms with Crippen molar-refractivity contribution < 1.29 is 4.79 Å². The molecule has 1 aromatic carbocycles. The van der Waals surface area contributed by atoms with Crippen LogP contribution < -0.4 is 5.32 Å². The minimum absolute atomic E-state index is 0.0949. The molecule has 0 saturated heterocycles. The Morgan fingerprint density at radius 1 is 1.30 bits per heavy atom. The van der Waals surface area contributed by atoms with Crippen LogP contribution in [0.25, 0.3) is 0 Å². The van der Waals surface area contributed by atoms with Crippen LogP contribution in [0.5, 0.6) is 0 Å². The largest absolute Gasteiger partial charge is 0.324 e. The van der Waals surface area contributed by atoms with Crippen molar-refractivity contribution >= 4 is 22.9 Å². The summed E-state index contributed by atoms with van der Waals surface area (Å²) in [5.41, 5.74) is 3.33. The first-order chi connectivity index (χ1) is 11.2. The molecule has 0 aliphatic heterocycles. The molecule has 0 unspecified atom stereocenters. The summed E-state index contributed by atoms with van der Waals surface area (Å²) in [6.07, 6.45) is 3.35. The molecule has 4 heteroatoms. The molecule has 1 aliphatic rings. The Morgan fingerprint density at radius 2 is 2.13 bits per heavy atom. The molecular formula is C19H24N2OS. The van der Waals surface area contributed by atoms with E-state index in [4.69, 9.17) is 0 Å². The quantitative estimate of drug-likeness (QED) is 0.825. The standard InChI is InChI=1S/C19H24N2OS/c1-3-15-7-4-6-14(2)19(15)20-18(22)13-21(16-9-10-16)12-17-8-5-11-23-17/h4-8,11,16H,3,9-10,12-13H2,1-2H3,(H,20,22). The van der Waals surface area contributed by atoms with Crippen molar-refractivity contribution in [2.45, 2.75) is 45.7 Å². The number of hydrogen-bond acceptors (Lipinski definition) is 3. The first kappa shape index (κ1) is 16.2. The number of para-hydroxylation sites is 1. The number of rotatable bonds is 7. The summed E-state index contributed by atoms with van der Waals surface area (Å²) in [5.74, 6) is 0.0949. The van der Waals surface area contributed by atoms with Crippen LogP contribution in [0.2, 0.25) is 0 Å². The zero-order valence-electron chi connectivity index (χ0n) is 13.8. The van der Waals surface area contributed by atoms with Crippen LogP contribution in [0, 0.1) is 6.92 Å². The number of carbonyl (C=O) groups excluding carboxylic acids is 1. The molecule has 2 aromatic rings. The van der Waals surface area contributed by atoms with Crippen molar-refractivity contribution in [3.63, 3.8) is 0 Å². The highest BCUT2D eigenvalue weighted by atomic mass is 32.1. The molecule has 1 aromatic heterocycles. The molecule has 1 fully saturated rings. The molecule has 1 saturated carbocycles. The number of amides is 1. The minimum Gasteiger partial charge on any atom is -0.324 e. The van der Waals surface area contributed by atoms with Crippen LogP contribution in [-0.4, -0.2) is 23.4 Å². The van der Waals surface area contributed by atoms with E-state index in [1.807, 2.05) is 0 Å². The van der Waals surface area contributed by atoms with Gasteiger partial charge in [-0.05, 0) is 48.8 Å². The first-order valence-corrected chi connectivity index (χ1v) is 9.20. The molecule has 1 heterocycles. The summed E-state index contributed by atoms with van der Waals surface area (Å²) >= 11 is 1.76. The summed E-state index contributed by atoms with van der Waals surface area (Å²) < 4.78 is 0. The van der Waals surface area contributed by atoms with Gasteiger partial charge in [-0.15, -0.1) is 11.3 Å². The molecule has 0 bridgehead atoms. The van der Waals surface area contributed by atoms with E-state index in [1.165, 1.54) is 23.3 Å². The Bertz CT molecular complexity index is 662. The van der Waals surface area contributed by atoms with Gasteiger partial charge in [-0.25, -0.2) is 0 Å². The second-order valence-corrected chi connectivity index (χ2v) is 7.26. The average molecular weight is 328 g/mol. The van der Waals surface area contributed by atoms with Gasteiger partial charge in [0.1, 0.15) is 0 Å². The Hall–Kier alpha value is -1.65. The van der Waals surface area contributed by atoms with E-state index >= 15 is 0 Å². The third-order valence-electron chi connectivity index (χ3n) is 4.35. The highest BCUT2D eigenvalue weighted by Gasteiger charge is 2.30. The van der Waals surface area contributed by atoms with Crippen molar-refractivity contribution in [2.24, 2.45) is 0 Å². The monoisotopic (exact) mass is 328 g/mol. The van der Waals surface area contributed by atoms with E-state index in [-0.39, 0.29) is 5.91 Å². The topological polar surface area (TPSA) is 32.3 Å². The van der Waals surface area contributed by atoms with Gasteiger partial charge in [0.2, 0.25) is 5.91 Å². The van der Waals surface area contributed by atoms with Crippen molar-refractivity contribution in [3.05, 3.63) is 51.7 Å². The zero-order valence-corrected chi connectivity index (χ0v) is 14.7. The van der Waals surface area contributed by atoms with Crippen LogP contribution in [0.3, 0.4) is 0 Å². The molecule has 0 atom stereocenters. The molecule has 1 aliphatic carbocycles. The SMILES string of the molecule is CCc1cccc(C)c1NC(=O)CN(Cc1cccs1)C1CC1. The van der Waals surface area contributed by atoms with Gasteiger partial charge in [-0.3, -0.25) is 9.69 Å². The predicted molar refractivity (Wildman–Crippen MR) is 96.9 cm³/mol. The maximum Gasteiger partial charge on any atom is 0.238 e. The van der Waals surface area contributed by atoms with Crippen LogP contribution in [0.1, 0.15) is 35.8 Å². The van der Waals surface area contributed by atoms with Gasteiger partial charge in [0.05, 0.1) is 6.54 Å². The maximum atomic E-state index is 12.6. The number of anilines is 1. The van der Waals surface area contributed by atoms with Gasteiger partial charge in [0.25, 0.3) is 0 Å². The smallest absolute Gasteiger partial charge is 0.238 e. The van der Waals surface area contributed by atoms with E-state index in [0.29, 0.717) is 12.6 Å². The van der Waals surface area contributed by atoms with Gasteiger partial charge in [0.15, 0.2) is 0 Å². The van der Waals surface area contributed by atoms with E-state index in [2.05, 4.69) is 59.8 Å². The number of nitrogens with zero attached hydrogens (tertiary/aromatic N) is 1. The molecule has 122 valence electrons. The van der Waals surface area contributed by atoms with Crippen molar-refractivity contribution in [1.29, 1.82) is 0 Å². The lowest BCUT2D eigenvalue weighted by atomic mass is 10.1. The number of thiophene rings is 1. The Morgan fingerprint density at radius 3 is 2.78 bits per heavy atom. The Labute approximate surface area is 142 Å². The lowest BCUT2D eigenvalue weighted by Gasteiger charge is -2.21. The molecule has 23 heavy (non-hydrogen) atoms. The second-order valence-electron chi connectivity index (χ2n) is 6.23. The van der Waals surface area contributed by atoms with Gasteiger partial charge in [-0.1, -0.05) is 31.2 Å². The summed E-state index contributed by atoms with van der Waals surface area (Å²) in [6, 6.07) is 11.0. The van der Waals surface area contributed by atoms with Gasteiger partial charge in [-0.2, -0.15) is 0 Å². The number of carbonyl (C=O) groups is 1. The predicted octanol–water partition coefficient (Wildman–Crippen LogP) is 4.22. The Balaban J connectivity index is 1.66. The highest BCUT2D eigenvalue weighted by Crippen LogP contribution is 2.29. The molecule has 0 radical (unpaired) electrons. The van der Waals surface area contributed by atoms with E-state index in [9.17, 15) is 4.79 Å². The fraction of sp³-hybridized carbons (Fsp3) is 0.421. The highest BCUT2D eigenvalue weighted by molar-refractivity contribution is 7.09. The number of nitrogens with one attached hydrogen (secondary N) is 1. The third-order valence-corrected chi connectivity index (χ3v) is 5.21. The van der Waals surface area contributed by atoms with Gasteiger partial charge >= 0.3 is 0 Å². The van der Waals surface area contributed by atoms with Crippen LogP contribution in [0.4, 0.5) is 5.69 Å². The summed E-state index contributed by atoms with van der Waals surface area (Å²) in [4.78, 5) is 16.2. The lowest BCUT2D eigenvalue weighted by Crippen LogP contribution is -2.34. The van der Waals surface area contributed by atoms with Gasteiger partial charge in [0, 0.05) is 23.2 Å². The molecule has 1 amide bonds. The normalized spacial score (nSPS) is 14.2. The minimum atomic E-state index is 0.0949. The molecule has 3 rings (SSSR count). The average Bonchev–Trinajstić information content (AvgIpc) is 3.26. The Kier molecular flexibility index (Phi) is 5.13. The maximum absolute atomic E-state index is 12.6. The first-order valence-electron chi connectivity index (χ1n) is 8.32. The summed E-state index contributed by atoms with van der Waals surface area (Å²) in [5, 5.41) is 5.24. The van der Waals surface area contributed by atoms with Crippen LogP contribution in [-0.2, 0) is 17.8 Å². The van der Waals surface area contributed by atoms with E-state index in [1.54, 1.807) is 11.3 Å². The number of hydrogen-bond donors (Lipinski definition) is 1. The molecule has 3 nitrogen and oxygen atoms in total. The van der Waals surface area contributed by atoms with Crippen molar-refractivity contribution in [2.75, 3.05) is 11.9 Å². The van der Waals surface area contributed by atoms with Crippen molar-refractivity contribution in [3.8, 4) is 0 Å². The summed E-state index contributed by atoms with van der Waals surface area (Å²) in [6.45, 7) is 5.53. The molecule has 0 spiro atoms. The van der Waals surface area contributed by atoms with Gasteiger partial charge < -0.3 is 5.32 Å². The third kappa shape index (κ3) is 4.21. The number of benzene rings is 1. The zero-order chi connectivity index (χ0) is 16.2. The van der Waals surface area contributed by atoms with E-state index in [0.717, 1.165) is 24.2 Å². The van der Waals surface area contributed by atoms with Crippen LogP contribution in [0.15, 0.2) is 35.7 Å². The lowest BCUT2D eigenvalue weighted by molar-refractivity contribution is -0.117. The summed E-state index contributed by atoms with van der Waals surface area (Å²) in [7, 11) is 0. The van der Waals surface area contributed by atoms with Crippen molar-refractivity contribution in [1.82, 2.24) is 4.90 Å². The molecule has 1 N–H and O–H groups in total. The fourth-order valence-corrected chi connectivity index (χ4v) is 3.65. The van der Waals surface area contributed by atoms with Crippen LogP contribution >= 0.6 is 11.3 Å². The fourth-order valence-electron chi connectivity index (χ4n) is 2.92. The van der Waals surface area contributed by atoms with E-state index < -0.39 is 0 Å². The number of aryl methyl sites for hydroxylation is 2.